The van der Waals surface area contributed by atoms with E-state index in [4.69, 9.17) is 9.47 Å². The molecule has 0 fully saturated rings. The van der Waals surface area contributed by atoms with Crippen LogP contribution in [0.15, 0.2) is 103 Å². The van der Waals surface area contributed by atoms with Crippen molar-refractivity contribution < 1.29 is 18.7 Å². The lowest BCUT2D eigenvalue weighted by Crippen LogP contribution is -2.11. The van der Waals surface area contributed by atoms with E-state index < -0.39 is 0 Å². The summed E-state index contributed by atoms with van der Waals surface area (Å²) in [4.78, 5) is 21.9. The number of carbonyl (C=O) groups is 1. The minimum absolute atomic E-state index is 0.290. The van der Waals surface area contributed by atoms with Crippen LogP contribution in [-0.4, -0.2) is 23.0 Å². The number of ether oxygens (including phenoxy) is 2. The fourth-order valence-electron chi connectivity index (χ4n) is 3.82. The first kappa shape index (κ1) is 26.2. The molecule has 9 heteroatoms. The van der Waals surface area contributed by atoms with Gasteiger partial charge in [-0.05, 0) is 97.9 Å². The molecule has 0 spiro atoms. The number of carbonyl (C=O) groups excluding carboxylic acids is 1. The normalized spacial score (nSPS) is 10.5. The van der Waals surface area contributed by atoms with Crippen molar-refractivity contribution in [2.45, 2.75) is 6.92 Å². The molecule has 40 heavy (non-hydrogen) atoms. The fraction of sp³-hybridized carbons (Fsp3) is 0.0645. The van der Waals surface area contributed by atoms with Crippen LogP contribution in [-0.2, 0) is 0 Å². The quantitative estimate of drug-likeness (QED) is 0.180. The molecular weight excluding hydrogens is 509 g/mol. The number of aromatic nitrogens is 2. The van der Waals surface area contributed by atoms with E-state index in [1.807, 2.05) is 49.4 Å². The number of benzene rings is 4. The van der Waals surface area contributed by atoms with E-state index in [0.29, 0.717) is 34.5 Å². The molecule has 8 nitrogen and oxygen atoms in total. The van der Waals surface area contributed by atoms with Crippen molar-refractivity contribution in [1.82, 2.24) is 9.97 Å². The van der Waals surface area contributed by atoms with Gasteiger partial charge in [0.1, 0.15) is 28.9 Å². The molecule has 0 bridgehead atoms. The monoisotopic (exact) mass is 535 g/mol. The number of methoxy groups -OCH3 is 1. The summed E-state index contributed by atoms with van der Waals surface area (Å²) >= 11 is 0. The Bertz CT molecular complexity index is 1610. The predicted octanol–water partition coefficient (Wildman–Crippen LogP) is 7.46. The summed E-state index contributed by atoms with van der Waals surface area (Å²) in [6.45, 7) is 1.89. The summed E-state index contributed by atoms with van der Waals surface area (Å²) in [6.07, 6.45) is 0. The third kappa shape index (κ3) is 6.90. The molecule has 0 saturated carbocycles. The Hall–Kier alpha value is -5.44. The van der Waals surface area contributed by atoms with Gasteiger partial charge < -0.3 is 25.4 Å². The maximum absolute atomic E-state index is 13.1. The Balaban J connectivity index is 1.21. The number of amides is 1. The van der Waals surface area contributed by atoms with Crippen molar-refractivity contribution >= 4 is 34.7 Å². The third-order valence-electron chi connectivity index (χ3n) is 5.76. The summed E-state index contributed by atoms with van der Waals surface area (Å²) in [6, 6.07) is 29.1. The van der Waals surface area contributed by atoms with Crippen LogP contribution in [0.25, 0.3) is 0 Å². The molecule has 200 valence electrons. The number of nitrogens with one attached hydrogen (secondary N) is 3. The highest BCUT2D eigenvalue weighted by Gasteiger charge is 2.09. The minimum atomic E-state index is -0.348. The molecule has 0 unspecified atom stereocenters. The van der Waals surface area contributed by atoms with E-state index in [1.165, 1.54) is 24.3 Å². The van der Waals surface area contributed by atoms with E-state index in [1.54, 1.807) is 43.5 Å². The summed E-state index contributed by atoms with van der Waals surface area (Å²) in [7, 11) is 1.63. The first-order chi connectivity index (χ1) is 19.4. The molecule has 0 radical (unpaired) electrons. The van der Waals surface area contributed by atoms with Gasteiger partial charge in [-0.2, -0.15) is 4.98 Å². The van der Waals surface area contributed by atoms with Crippen molar-refractivity contribution in [3.05, 3.63) is 120 Å². The van der Waals surface area contributed by atoms with Crippen LogP contribution in [0.2, 0.25) is 0 Å². The van der Waals surface area contributed by atoms with Crippen molar-refractivity contribution in [3.63, 3.8) is 0 Å². The summed E-state index contributed by atoms with van der Waals surface area (Å²) in [5.74, 6) is 2.17. The molecule has 1 amide bonds. The van der Waals surface area contributed by atoms with Crippen LogP contribution >= 0.6 is 0 Å². The number of nitrogens with zero attached hydrogens (tertiary/aromatic N) is 2. The first-order valence-corrected chi connectivity index (χ1v) is 12.4. The average Bonchev–Trinajstić information content (AvgIpc) is 2.95. The predicted molar refractivity (Wildman–Crippen MR) is 154 cm³/mol. The fourth-order valence-corrected chi connectivity index (χ4v) is 3.82. The van der Waals surface area contributed by atoms with Gasteiger partial charge in [0.2, 0.25) is 5.95 Å². The molecule has 0 aliphatic heterocycles. The summed E-state index contributed by atoms with van der Waals surface area (Å²) in [5, 5.41) is 9.35. The number of rotatable bonds is 9. The van der Waals surface area contributed by atoms with Gasteiger partial charge in [0.05, 0.1) is 7.11 Å². The van der Waals surface area contributed by atoms with Gasteiger partial charge in [0.15, 0.2) is 0 Å². The van der Waals surface area contributed by atoms with E-state index in [0.717, 1.165) is 22.8 Å². The van der Waals surface area contributed by atoms with E-state index in [9.17, 15) is 9.18 Å². The van der Waals surface area contributed by atoms with Crippen molar-refractivity contribution in [3.8, 4) is 17.2 Å². The molecule has 0 aliphatic carbocycles. The van der Waals surface area contributed by atoms with Crippen molar-refractivity contribution in [1.29, 1.82) is 0 Å². The van der Waals surface area contributed by atoms with Crippen LogP contribution in [0.4, 0.5) is 33.2 Å². The number of hydrogen-bond donors (Lipinski definition) is 3. The van der Waals surface area contributed by atoms with Gasteiger partial charge >= 0.3 is 0 Å². The second-order valence-electron chi connectivity index (χ2n) is 8.81. The van der Waals surface area contributed by atoms with Gasteiger partial charge in [-0.15, -0.1) is 0 Å². The number of halogens is 1. The largest absolute Gasteiger partial charge is 0.497 e. The van der Waals surface area contributed by atoms with Crippen LogP contribution in [0, 0.1) is 12.7 Å². The topological polar surface area (TPSA) is 97.4 Å². The van der Waals surface area contributed by atoms with Crippen LogP contribution in [0.3, 0.4) is 0 Å². The van der Waals surface area contributed by atoms with Gasteiger partial charge in [0.25, 0.3) is 5.91 Å². The molecule has 3 N–H and O–H groups in total. The maximum Gasteiger partial charge on any atom is 0.255 e. The number of aryl methyl sites for hydroxylation is 1. The first-order valence-electron chi connectivity index (χ1n) is 12.4. The van der Waals surface area contributed by atoms with E-state index >= 15 is 0 Å². The molecule has 5 aromatic rings. The molecule has 4 aromatic carbocycles. The van der Waals surface area contributed by atoms with Gasteiger partial charge in [-0.3, -0.25) is 4.79 Å². The minimum Gasteiger partial charge on any atom is -0.497 e. The molecule has 0 atom stereocenters. The molecule has 1 aromatic heterocycles. The Labute approximate surface area is 230 Å². The standard InChI is InChI=1S/C31H26FN5O3/c1-20-18-29(34-23-12-16-26(39-2)17-13-23)37-31(33-20)36-25-10-8-24(9-11-25)35-30(38)21-4-3-5-28(19-21)40-27-14-6-22(32)7-15-27/h3-19H,1-2H3,(H,35,38)(H2,33,34,36,37). The Kier molecular flexibility index (Phi) is 7.82. The molecule has 0 saturated heterocycles. The van der Waals surface area contributed by atoms with Crippen LogP contribution in [0.5, 0.6) is 17.2 Å². The zero-order valence-corrected chi connectivity index (χ0v) is 21.8. The summed E-state index contributed by atoms with van der Waals surface area (Å²) in [5.41, 5.74) is 3.47. The third-order valence-corrected chi connectivity index (χ3v) is 5.76. The van der Waals surface area contributed by atoms with Crippen LogP contribution in [0.1, 0.15) is 16.1 Å². The van der Waals surface area contributed by atoms with Gasteiger partial charge in [0, 0.05) is 34.4 Å². The van der Waals surface area contributed by atoms with E-state index in [-0.39, 0.29) is 11.7 Å². The molecular formula is C31H26FN5O3. The molecule has 5 rings (SSSR count). The molecule has 0 aliphatic rings. The Morgan fingerprint density at radius 1 is 0.725 bits per heavy atom. The lowest BCUT2D eigenvalue weighted by molar-refractivity contribution is 0.102. The lowest BCUT2D eigenvalue weighted by atomic mass is 10.2. The Morgan fingerprint density at radius 3 is 2.10 bits per heavy atom. The second-order valence-corrected chi connectivity index (χ2v) is 8.81. The SMILES string of the molecule is COc1ccc(Nc2cc(C)nc(Nc3ccc(NC(=O)c4cccc(Oc5ccc(F)cc5)c4)cc3)n2)cc1. The smallest absolute Gasteiger partial charge is 0.255 e. The van der Waals surface area contributed by atoms with Gasteiger partial charge in [-0.1, -0.05) is 6.07 Å². The zero-order chi connectivity index (χ0) is 27.9. The van der Waals surface area contributed by atoms with Crippen molar-refractivity contribution in [2.75, 3.05) is 23.1 Å². The number of hydrogen-bond acceptors (Lipinski definition) is 7. The highest BCUT2D eigenvalue weighted by atomic mass is 19.1. The summed E-state index contributed by atoms with van der Waals surface area (Å²) < 4.78 is 24.1. The average molecular weight is 536 g/mol. The Morgan fingerprint density at radius 2 is 1.38 bits per heavy atom. The van der Waals surface area contributed by atoms with Crippen molar-refractivity contribution in [2.24, 2.45) is 0 Å². The van der Waals surface area contributed by atoms with Crippen LogP contribution < -0.4 is 25.4 Å². The highest BCUT2D eigenvalue weighted by Crippen LogP contribution is 2.24. The number of anilines is 5. The second kappa shape index (κ2) is 12.0. The lowest BCUT2D eigenvalue weighted by Gasteiger charge is -2.11. The van der Waals surface area contributed by atoms with Gasteiger partial charge in [-0.25, -0.2) is 9.37 Å². The zero-order valence-electron chi connectivity index (χ0n) is 21.8. The van der Waals surface area contributed by atoms with E-state index in [2.05, 4.69) is 25.9 Å². The molecule has 1 heterocycles. The highest BCUT2D eigenvalue weighted by molar-refractivity contribution is 6.04. The maximum atomic E-state index is 13.1.